The van der Waals surface area contributed by atoms with E-state index >= 15 is 0 Å². The fourth-order valence-corrected chi connectivity index (χ4v) is 4.50. The van der Waals surface area contributed by atoms with Crippen LogP contribution in [0.2, 0.25) is 0 Å². The number of rotatable bonds is 5. The maximum Gasteiger partial charge on any atom is 0.226 e. The van der Waals surface area contributed by atoms with E-state index in [2.05, 4.69) is 44.4 Å². The Bertz CT molecular complexity index is 483. The standard InChI is InChI=1S/C17H28N2OS/c1-5-6-17(7-9-18-10-8-17)16(20)19-13(3)15-11-12(2)21-14(15)4/h11,13,18H,5-10H2,1-4H3,(H,19,20). The van der Waals surface area contributed by atoms with Crippen molar-refractivity contribution in [1.82, 2.24) is 10.6 Å². The van der Waals surface area contributed by atoms with Gasteiger partial charge in [0.05, 0.1) is 11.5 Å². The molecule has 1 aromatic rings. The molecule has 1 saturated heterocycles. The summed E-state index contributed by atoms with van der Waals surface area (Å²) in [5, 5.41) is 6.66. The van der Waals surface area contributed by atoms with Gasteiger partial charge >= 0.3 is 0 Å². The van der Waals surface area contributed by atoms with E-state index in [0.29, 0.717) is 0 Å². The van der Waals surface area contributed by atoms with Crippen molar-refractivity contribution in [3.8, 4) is 0 Å². The van der Waals surface area contributed by atoms with Crippen LogP contribution in [-0.2, 0) is 4.79 Å². The van der Waals surface area contributed by atoms with Gasteiger partial charge in [-0.1, -0.05) is 13.3 Å². The fourth-order valence-electron chi connectivity index (χ4n) is 3.48. The van der Waals surface area contributed by atoms with Gasteiger partial charge in [-0.3, -0.25) is 4.79 Å². The highest BCUT2D eigenvalue weighted by atomic mass is 32.1. The Morgan fingerprint density at radius 1 is 1.43 bits per heavy atom. The number of piperidine rings is 1. The number of nitrogens with one attached hydrogen (secondary N) is 2. The molecule has 2 heterocycles. The molecule has 0 bridgehead atoms. The normalized spacial score (nSPS) is 19.2. The van der Waals surface area contributed by atoms with Crippen molar-refractivity contribution in [1.29, 1.82) is 0 Å². The lowest BCUT2D eigenvalue weighted by Crippen LogP contribution is -2.48. The average Bonchev–Trinajstić information content (AvgIpc) is 2.79. The molecule has 1 unspecified atom stereocenters. The van der Waals surface area contributed by atoms with Gasteiger partial charge in [0.15, 0.2) is 0 Å². The van der Waals surface area contributed by atoms with Gasteiger partial charge < -0.3 is 10.6 Å². The number of aryl methyl sites for hydroxylation is 2. The molecule has 0 radical (unpaired) electrons. The van der Waals surface area contributed by atoms with Gasteiger partial charge in [0, 0.05) is 9.75 Å². The summed E-state index contributed by atoms with van der Waals surface area (Å²) < 4.78 is 0. The number of thiophene rings is 1. The van der Waals surface area contributed by atoms with Crippen molar-refractivity contribution in [3.63, 3.8) is 0 Å². The van der Waals surface area contributed by atoms with E-state index in [1.807, 2.05) is 11.3 Å². The summed E-state index contributed by atoms with van der Waals surface area (Å²) in [4.78, 5) is 15.5. The second kappa shape index (κ2) is 6.93. The monoisotopic (exact) mass is 308 g/mol. The van der Waals surface area contributed by atoms with Crippen LogP contribution in [0.5, 0.6) is 0 Å². The Hall–Kier alpha value is -0.870. The molecule has 1 aliphatic heterocycles. The summed E-state index contributed by atoms with van der Waals surface area (Å²) in [7, 11) is 0. The first-order chi connectivity index (χ1) is 9.98. The SMILES string of the molecule is CCCC1(C(=O)NC(C)c2cc(C)sc2C)CCNCC1. The van der Waals surface area contributed by atoms with Crippen LogP contribution in [-0.4, -0.2) is 19.0 Å². The number of hydrogen-bond acceptors (Lipinski definition) is 3. The Kier molecular flexibility index (Phi) is 5.44. The van der Waals surface area contributed by atoms with Crippen molar-refractivity contribution in [3.05, 3.63) is 21.4 Å². The van der Waals surface area contributed by atoms with Gasteiger partial charge in [-0.05, 0) is 64.8 Å². The molecule has 118 valence electrons. The molecule has 1 atom stereocenters. The first kappa shape index (κ1) is 16.5. The molecule has 1 aromatic heterocycles. The van der Waals surface area contributed by atoms with Crippen LogP contribution in [0.4, 0.5) is 0 Å². The number of amides is 1. The highest BCUT2D eigenvalue weighted by Gasteiger charge is 2.39. The second-order valence-corrected chi connectivity index (χ2v) is 7.80. The Balaban J connectivity index is 2.09. The van der Waals surface area contributed by atoms with Gasteiger partial charge in [-0.15, -0.1) is 11.3 Å². The van der Waals surface area contributed by atoms with E-state index < -0.39 is 0 Å². The summed E-state index contributed by atoms with van der Waals surface area (Å²) in [5.41, 5.74) is 1.11. The number of hydrogen-bond donors (Lipinski definition) is 2. The lowest BCUT2D eigenvalue weighted by molar-refractivity contribution is -0.133. The molecule has 4 heteroatoms. The molecule has 2 rings (SSSR count). The van der Waals surface area contributed by atoms with Crippen LogP contribution in [0, 0.1) is 19.3 Å². The molecule has 1 aliphatic rings. The number of carbonyl (C=O) groups excluding carboxylic acids is 1. The largest absolute Gasteiger partial charge is 0.349 e. The predicted octanol–water partition coefficient (Wildman–Crippen LogP) is 3.71. The van der Waals surface area contributed by atoms with Gasteiger partial charge in [0.1, 0.15) is 0 Å². The molecular formula is C17H28N2OS. The molecule has 0 aromatic carbocycles. The average molecular weight is 308 g/mol. The third-order valence-corrected chi connectivity index (χ3v) is 5.65. The van der Waals surface area contributed by atoms with E-state index in [4.69, 9.17) is 0 Å². The first-order valence-corrected chi connectivity index (χ1v) is 8.89. The van der Waals surface area contributed by atoms with Crippen molar-refractivity contribution < 1.29 is 4.79 Å². The zero-order valence-corrected chi connectivity index (χ0v) is 14.5. The summed E-state index contributed by atoms with van der Waals surface area (Å²) in [6.45, 7) is 10.5. The highest BCUT2D eigenvalue weighted by Crippen LogP contribution is 2.35. The zero-order chi connectivity index (χ0) is 15.5. The van der Waals surface area contributed by atoms with Gasteiger partial charge in [0.25, 0.3) is 0 Å². The van der Waals surface area contributed by atoms with E-state index in [1.54, 1.807) is 0 Å². The minimum absolute atomic E-state index is 0.103. The van der Waals surface area contributed by atoms with E-state index in [9.17, 15) is 4.79 Å². The summed E-state index contributed by atoms with van der Waals surface area (Å²) in [6.07, 6.45) is 3.98. The Labute approximate surface area is 132 Å². The van der Waals surface area contributed by atoms with Crippen LogP contribution in [0.15, 0.2) is 6.07 Å². The topological polar surface area (TPSA) is 41.1 Å². The number of carbonyl (C=O) groups is 1. The second-order valence-electron chi connectivity index (χ2n) is 6.34. The fraction of sp³-hybridized carbons (Fsp3) is 0.706. The van der Waals surface area contributed by atoms with E-state index in [1.165, 1.54) is 15.3 Å². The van der Waals surface area contributed by atoms with Crippen LogP contribution < -0.4 is 10.6 Å². The van der Waals surface area contributed by atoms with Crippen molar-refractivity contribution in [2.75, 3.05) is 13.1 Å². The highest BCUT2D eigenvalue weighted by molar-refractivity contribution is 7.12. The van der Waals surface area contributed by atoms with Crippen molar-refractivity contribution >= 4 is 17.2 Å². The maximum atomic E-state index is 12.9. The molecule has 0 spiro atoms. The van der Waals surface area contributed by atoms with Gasteiger partial charge in [-0.2, -0.15) is 0 Å². The lowest BCUT2D eigenvalue weighted by atomic mass is 9.74. The minimum atomic E-state index is -0.159. The van der Waals surface area contributed by atoms with Gasteiger partial charge in [-0.25, -0.2) is 0 Å². The molecule has 3 nitrogen and oxygen atoms in total. The minimum Gasteiger partial charge on any atom is -0.349 e. The molecule has 1 amide bonds. The molecule has 0 saturated carbocycles. The van der Waals surface area contributed by atoms with E-state index in [-0.39, 0.29) is 17.4 Å². The van der Waals surface area contributed by atoms with Crippen LogP contribution in [0.1, 0.15) is 60.9 Å². The smallest absolute Gasteiger partial charge is 0.226 e. The predicted molar refractivity (Wildman–Crippen MR) is 89.8 cm³/mol. The molecule has 21 heavy (non-hydrogen) atoms. The molecule has 2 N–H and O–H groups in total. The van der Waals surface area contributed by atoms with E-state index in [0.717, 1.165) is 38.8 Å². The molecule has 0 aliphatic carbocycles. The van der Waals surface area contributed by atoms with Gasteiger partial charge in [0.2, 0.25) is 5.91 Å². The molecule has 1 fully saturated rings. The Morgan fingerprint density at radius 2 is 2.10 bits per heavy atom. The van der Waals surface area contributed by atoms with Crippen LogP contribution in [0.25, 0.3) is 0 Å². The lowest BCUT2D eigenvalue weighted by Gasteiger charge is -2.37. The van der Waals surface area contributed by atoms with Crippen LogP contribution >= 0.6 is 11.3 Å². The third-order valence-electron chi connectivity index (χ3n) is 4.66. The maximum absolute atomic E-state index is 12.9. The summed E-state index contributed by atoms with van der Waals surface area (Å²) in [5.74, 6) is 0.251. The Morgan fingerprint density at radius 3 is 2.62 bits per heavy atom. The summed E-state index contributed by atoms with van der Waals surface area (Å²) >= 11 is 1.81. The van der Waals surface area contributed by atoms with Crippen molar-refractivity contribution in [2.24, 2.45) is 5.41 Å². The first-order valence-electron chi connectivity index (χ1n) is 8.07. The third kappa shape index (κ3) is 3.67. The summed E-state index contributed by atoms with van der Waals surface area (Å²) in [6, 6.07) is 2.31. The van der Waals surface area contributed by atoms with Crippen molar-refractivity contribution in [2.45, 2.75) is 59.4 Å². The van der Waals surface area contributed by atoms with Crippen LogP contribution in [0.3, 0.4) is 0 Å². The quantitative estimate of drug-likeness (QED) is 0.870. The molecular weight excluding hydrogens is 280 g/mol. The zero-order valence-electron chi connectivity index (χ0n) is 13.7.